The van der Waals surface area contributed by atoms with E-state index in [2.05, 4.69) is 28.2 Å². The summed E-state index contributed by atoms with van der Waals surface area (Å²) in [5, 5.41) is 3.07. The van der Waals surface area contributed by atoms with Gasteiger partial charge in [-0.2, -0.15) is 0 Å². The van der Waals surface area contributed by atoms with E-state index in [0.29, 0.717) is 0 Å². The van der Waals surface area contributed by atoms with Crippen LogP contribution in [0.1, 0.15) is 12.7 Å². The summed E-state index contributed by atoms with van der Waals surface area (Å²) in [7, 11) is 1.93. The molecule has 66 valence electrons. The van der Waals surface area contributed by atoms with E-state index in [4.69, 9.17) is 4.42 Å². The summed E-state index contributed by atoms with van der Waals surface area (Å²) in [6.07, 6.45) is 2.02. The van der Waals surface area contributed by atoms with Gasteiger partial charge in [0.05, 0.1) is 0 Å². The van der Waals surface area contributed by atoms with Gasteiger partial charge < -0.3 is 9.73 Å². The first-order chi connectivity index (χ1) is 5.72. The van der Waals surface area contributed by atoms with Crippen molar-refractivity contribution in [3.05, 3.63) is 28.1 Å². The normalized spacial score (nSPS) is 12.1. The van der Waals surface area contributed by atoms with Crippen molar-refractivity contribution >= 4 is 22.0 Å². The van der Waals surface area contributed by atoms with Gasteiger partial charge >= 0.3 is 0 Å². The van der Waals surface area contributed by atoms with Gasteiger partial charge in [-0.25, -0.2) is 0 Å². The highest BCUT2D eigenvalue weighted by molar-refractivity contribution is 9.10. The van der Waals surface area contributed by atoms with Crippen LogP contribution in [0.4, 0.5) is 0 Å². The molecular weight excluding hydrogens is 218 g/mol. The zero-order chi connectivity index (χ0) is 8.97. The molecule has 0 radical (unpaired) electrons. The van der Waals surface area contributed by atoms with E-state index in [-0.39, 0.29) is 0 Å². The topological polar surface area (TPSA) is 25.2 Å². The molecule has 1 rings (SSSR count). The quantitative estimate of drug-likeness (QED) is 0.863. The molecule has 1 N–H and O–H groups in total. The molecule has 0 aliphatic carbocycles. The van der Waals surface area contributed by atoms with Crippen molar-refractivity contribution in [2.45, 2.75) is 6.92 Å². The zero-order valence-electron chi connectivity index (χ0n) is 7.23. The third-order valence-electron chi connectivity index (χ3n) is 1.44. The smallest absolute Gasteiger partial charge is 0.169 e. The molecule has 1 heterocycles. The lowest BCUT2D eigenvalue weighted by molar-refractivity contribution is 0.531. The van der Waals surface area contributed by atoms with Crippen molar-refractivity contribution in [1.29, 1.82) is 0 Å². The molecule has 0 aliphatic heterocycles. The minimum absolute atomic E-state index is 0.769. The van der Waals surface area contributed by atoms with Gasteiger partial charge in [-0.15, -0.1) is 0 Å². The largest absolute Gasteiger partial charge is 0.450 e. The van der Waals surface area contributed by atoms with Gasteiger partial charge in [0, 0.05) is 6.54 Å². The summed E-state index contributed by atoms with van der Waals surface area (Å²) in [6, 6.07) is 3.82. The van der Waals surface area contributed by atoms with Crippen LogP contribution in [0.25, 0.3) is 6.08 Å². The van der Waals surface area contributed by atoms with E-state index < -0.39 is 0 Å². The van der Waals surface area contributed by atoms with E-state index in [1.807, 2.05) is 25.3 Å². The summed E-state index contributed by atoms with van der Waals surface area (Å²) in [5.74, 6) is 0.884. The van der Waals surface area contributed by atoms with Crippen LogP contribution in [0.3, 0.4) is 0 Å². The van der Waals surface area contributed by atoms with Crippen LogP contribution >= 0.6 is 15.9 Å². The van der Waals surface area contributed by atoms with E-state index in [1.165, 1.54) is 5.57 Å². The number of hydrogen-bond acceptors (Lipinski definition) is 2. The lowest BCUT2D eigenvalue weighted by atomic mass is 10.2. The predicted octanol–water partition coefficient (Wildman–Crippen LogP) is 2.66. The van der Waals surface area contributed by atoms with E-state index in [0.717, 1.165) is 17.0 Å². The van der Waals surface area contributed by atoms with Gasteiger partial charge in [0.1, 0.15) is 5.76 Å². The van der Waals surface area contributed by atoms with Crippen molar-refractivity contribution < 1.29 is 4.42 Å². The summed E-state index contributed by atoms with van der Waals surface area (Å²) in [4.78, 5) is 0. The van der Waals surface area contributed by atoms with Crippen molar-refractivity contribution in [2.24, 2.45) is 0 Å². The molecule has 0 unspecified atom stereocenters. The van der Waals surface area contributed by atoms with Crippen molar-refractivity contribution in [1.82, 2.24) is 5.32 Å². The lowest BCUT2D eigenvalue weighted by Crippen LogP contribution is -2.08. The number of likely N-dealkylation sites (N-methyl/N-ethyl adjacent to an activating group) is 1. The van der Waals surface area contributed by atoms with Gasteiger partial charge in [0.2, 0.25) is 0 Å². The van der Waals surface area contributed by atoms with Gasteiger partial charge in [-0.3, -0.25) is 0 Å². The molecule has 0 spiro atoms. The second-order valence-electron chi connectivity index (χ2n) is 2.66. The highest BCUT2D eigenvalue weighted by Gasteiger charge is 1.95. The Balaban J connectivity index is 2.67. The number of nitrogens with one attached hydrogen (secondary N) is 1. The Hall–Kier alpha value is -0.540. The maximum absolute atomic E-state index is 5.31. The maximum atomic E-state index is 5.31. The van der Waals surface area contributed by atoms with Crippen LogP contribution in [0.15, 0.2) is 26.8 Å². The highest BCUT2D eigenvalue weighted by atomic mass is 79.9. The summed E-state index contributed by atoms with van der Waals surface area (Å²) in [5.41, 5.74) is 1.25. The van der Waals surface area contributed by atoms with Crippen molar-refractivity contribution in [3.8, 4) is 0 Å². The number of rotatable bonds is 3. The molecule has 0 saturated heterocycles. The first-order valence-electron chi connectivity index (χ1n) is 3.79. The Morgan fingerprint density at radius 2 is 2.42 bits per heavy atom. The van der Waals surface area contributed by atoms with E-state index in [1.54, 1.807) is 0 Å². The zero-order valence-corrected chi connectivity index (χ0v) is 8.81. The van der Waals surface area contributed by atoms with E-state index in [9.17, 15) is 0 Å². The van der Waals surface area contributed by atoms with Crippen LogP contribution < -0.4 is 5.32 Å². The molecular formula is C9H12BrNO. The Morgan fingerprint density at radius 3 is 2.92 bits per heavy atom. The minimum Gasteiger partial charge on any atom is -0.450 e. The average molecular weight is 230 g/mol. The summed E-state index contributed by atoms with van der Waals surface area (Å²) in [6.45, 7) is 2.95. The van der Waals surface area contributed by atoms with Crippen molar-refractivity contribution in [2.75, 3.05) is 13.6 Å². The summed E-state index contributed by atoms with van der Waals surface area (Å²) >= 11 is 3.25. The fraction of sp³-hybridized carbons (Fsp3) is 0.333. The SMILES string of the molecule is CNCC(C)=Cc1ccc(Br)o1. The number of halogens is 1. The Kier molecular flexibility index (Phi) is 3.56. The summed E-state index contributed by atoms with van der Waals surface area (Å²) < 4.78 is 6.08. The molecule has 1 aromatic rings. The Morgan fingerprint density at radius 1 is 1.67 bits per heavy atom. The highest BCUT2D eigenvalue weighted by Crippen LogP contribution is 2.16. The van der Waals surface area contributed by atoms with Crippen LogP contribution in [0.2, 0.25) is 0 Å². The standard InChI is InChI=1S/C9H12BrNO/c1-7(6-11-2)5-8-3-4-9(10)12-8/h3-5,11H,6H2,1-2H3. The predicted molar refractivity (Wildman–Crippen MR) is 54.0 cm³/mol. The molecule has 1 aromatic heterocycles. The third-order valence-corrected chi connectivity index (χ3v) is 1.86. The molecule has 0 fully saturated rings. The molecule has 12 heavy (non-hydrogen) atoms. The monoisotopic (exact) mass is 229 g/mol. The van der Waals surface area contributed by atoms with Crippen LogP contribution in [0.5, 0.6) is 0 Å². The molecule has 0 aromatic carbocycles. The van der Waals surface area contributed by atoms with Crippen LogP contribution in [0, 0.1) is 0 Å². The first kappa shape index (κ1) is 9.55. The number of hydrogen-bond donors (Lipinski definition) is 1. The van der Waals surface area contributed by atoms with Crippen molar-refractivity contribution in [3.63, 3.8) is 0 Å². The van der Waals surface area contributed by atoms with Gasteiger partial charge in [0.25, 0.3) is 0 Å². The molecule has 2 nitrogen and oxygen atoms in total. The van der Waals surface area contributed by atoms with E-state index >= 15 is 0 Å². The average Bonchev–Trinajstić information content (AvgIpc) is 2.36. The second kappa shape index (κ2) is 4.48. The molecule has 0 aliphatic rings. The number of furan rings is 1. The molecule has 0 saturated carbocycles. The van der Waals surface area contributed by atoms with Crippen LogP contribution in [-0.2, 0) is 0 Å². The minimum atomic E-state index is 0.769. The van der Waals surface area contributed by atoms with Gasteiger partial charge in [0.15, 0.2) is 4.67 Å². The fourth-order valence-electron chi connectivity index (χ4n) is 0.979. The maximum Gasteiger partial charge on any atom is 0.169 e. The third kappa shape index (κ3) is 2.83. The molecule has 0 bridgehead atoms. The lowest BCUT2D eigenvalue weighted by Gasteiger charge is -1.96. The first-order valence-corrected chi connectivity index (χ1v) is 4.59. The van der Waals surface area contributed by atoms with Gasteiger partial charge in [-0.05, 0) is 48.1 Å². The second-order valence-corrected chi connectivity index (χ2v) is 3.44. The fourth-order valence-corrected chi connectivity index (χ4v) is 1.30. The molecule has 0 amide bonds. The molecule has 3 heteroatoms. The van der Waals surface area contributed by atoms with Crippen LogP contribution in [-0.4, -0.2) is 13.6 Å². The Labute approximate surface area is 80.8 Å². The molecule has 0 atom stereocenters. The van der Waals surface area contributed by atoms with Gasteiger partial charge in [-0.1, -0.05) is 5.57 Å². The Bertz CT molecular complexity index is 278.